The number of nitrogens with zero attached hydrogens (tertiary/aromatic N) is 2. The maximum absolute atomic E-state index is 13.4. The molecular weight excluding hydrogens is 311 g/mol. The summed E-state index contributed by atoms with van der Waals surface area (Å²) in [6, 6.07) is 9.67. The fourth-order valence-corrected chi connectivity index (χ4v) is 2.75. The minimum Gasteiger partial charge on any atom is -0.459 e. The number of carbonyl (C=O) groups excluding carboxylic acids is 1. The van der Waals surface area contributed by atoms with Crippen molar-refractivity contribution in [1.82, 2.24) is 9.80 Å². The summed E-state index contributed by atoms with van der Waals surface area (Å²) >= 11 is 0. The highest BCUT2D eigenvalue weighted by molar-refractivity contribution is 5.91. The lowest BCUT2D eigenvalue weighted by Crippen LogP contribution is -2.42. The quantitative estimate of drug-likeness (QED) is 0.815. The van der Waals surface area contributed by atoms with Crippen LogP contribution < -0.4 is 0 Å². The second-order valence-electron chi connectivity index (χ2n) is 5.79. The lowest BCUT2D eigenvalue weighted by molar-refractivity contribution is 0.0316. The van der Waals surface area contributed by atoms with Gasteiger partial charge in [-0.15, -0.1) is 0 Å². The molecule has 2 heterocycles. The molecule has 0 unspecified atom stereocenters. The van der Waals surface area contributed by atoms with Crippen LogP contribution in [0.2, 0.25) is 0 Å². The Labute approximate surface area is 140 Å². The number of amides is 1. The van der Waals surface area contributed by atoms with Crippen molar-refractivity contribution in [3.8, 4) is 0 Å². The van der Waals surface area contributed by atoms with Crippen molar-refractivity contribution in [3.05, 3.63) is 59.8 Å². The van der Waals surface area contributed by atoms with Crippen molar-refractivity contribution in [2.75, 3.05) is 39.4 Å². The number of ether oxygens (including phenoxy) is 1. The zero-order chi connectivity index (χ0) is 16.8. The molecule has 0 spiro atoms. The van der Waals surface area contributed by atoms with Crippen LogP contribution >= 0.6 is 0 Å². The Balaban J connectivity index is 1.68. The van der Waals surface area contributed by atoms with Gasteiger partial charge in [0.05, 0.1) is 19.5 Å². The van der Waals surface area contributed by atoms with Crippen molar-refractivity contribution >= 4 is 5.91 Å². The molecule has 1 aromatic carbocycles. The van der Waals surface area contributed by atoms with Crippen molar-refractivity contribution in [1.29, 1.82) is 0 Å². The van der Waals surface area contributed by atoms with Gasteiger partial charge in [-0.1, -0.05) is 12.1 Å². The molecule has 0 radical (unpaired) electrons. The molecule has 0 bridgehead atoms. The molecule has 1 aliphatic heterocycles. The summed E-state index contributed by atoms with van der Waals surface area (Å²) in [5.41, 5.74) is 0.761. The summed E-state index contributed by atoms with van der Waals surface area (Å²) in [6.45, 7) is 4.82. The second kappa shape index (κ2) is 8.08. The standard InChI is InChI=1S/C18H21FN2O3/c19-16-4-1-3-15(13-16)14-21(18(22)17-5-2-10-24-17)7-6-20-8-11-23-12-9-20/h1-5,10,13H,6-9,11-12,14H2. The fourth-order valence-electron chi connectivity index (χ4n) is 2.75. The molecule has 24 heavy (non-hydrogen) atoms. The maximum atomic E-state index is 13.4. The van der Waals surface area contributed by atoms with Crippen LogP contribution in [-0.2, 0) is 11.3 Å². The highest BCUT2D eigenvalue weighted by Gasteiger charge is 2.20. The molecule has 2 aromatic rings. The number of hydrogen-bond acceptors (Lipinski definition) is 4. The summed E-state index contributed by atoms with van der Waals surface area (Å²) in [5.74, 6) is -0.183. The van der Waals surface area contributed by atoms with Crippen LogP contribution in [0.15, 0.2) is 47.1 Å². The first-order chi connectivity index (χ1) is 11.7. The van der Waals surface area contributed by atoms with Crippen LogP contribution in [0.1, 0.15) is 16.1 Å². The Hall–Kier alpha value is -2.18. The van der Waals surface area contributed by atoms with E-state index in [1.165, 1.54) is 18.4 Å². The molecule has 128 valence electrons. The first-order valence-corrected chi connectivity index (χ1v) is 8.10. The number of furan rings is 1. The normalized spacial score (nSPS) is 15.4. The van der Waals surface area contributed by atoms with Crippen LogP contribution in [0.3, 0.4) is 0 Å². The average molecular weight is 332 g/mol. The number of carbonyl (C=O) groups is 1. The van der Waals surface area contributed by atoms with Gasteiger partial charge in [-0.25, -0.2) is 4.39 Å². The highest BCUT2D eigenvalue weighted by atomic mass is 19.1. The number of halogens is 1. The minimum atomic E-state index is -0.300. The van der Waals surface area contributed by atoms with Crippen LogP contribution in [0.25, 0.3) is 0 Å². The SMILES string of the molecule is O=C(c1ccco1)N(CCN1CCOCC1)Cc1cccc(F)c1. The molecule has 0 aliphatic carbocycles. The van der Waals surface area contributed by atoms with Gasteiger partial charge < -0.3 is 14.1 Å². The van der Waals surface area contributed by atoms with Gasteiger partial charge in [0.1, 0.15) is 5.82 Å². The molecule has 0 N–H and O–H groups in total. The van der Waals surface area contributed by atoms with Crippen molar-refractivity contribution in [3.63, 3.8) is 0 Å². The Morgan fingerprint density at radius 1 is 1.21 bits per heavy atom. The first-order valence-electron chi connectivity index (χ1n) is 8.10. The third-order valence-electron chi connectivity index (χ3n) is 4.07. The molecule has 1 saturated heterocycles. The zero-order valence-corrected chi connectivity index (χ0v) is 13.5. The van der Waals surface area contributed by atoms with E-state index in [0.717, 1.165) is 38.4 Å². The lowest BCUT2D eigenvalue weighted by Gasteiger charge is -2.30. The van der Waals surface area contributed by atoms with E-state index in [0.29, 0.717) is 18.8 Å². The molecule has 1 fully saturated rings. The fraction of sp³-hybridized carbons (Fsp3) is 0.389. The number of rotatable bonds is 6. The first kappa shape index (κ1) is 16.7. The van der Waals surface area contributed by atoms with E-state index in [-0.39, 0.29) is 11.7 Å². The Morgan fingerprint density at radius 2 is 2.04 bits per heavy atom. The maximum Gasteiger partial charge on any atom is 0.289 e. The van der Waals surface area contributed by atoms with Gasteiger partial charge in [0.15, 0.2) is 5.76 Å². The molecule has 0 saturated carbocycles. The summed E-state index contributed by atoms with van der Waals surface area (Å²) in [4.78, 5) is 16.6. The molecule has 1 aromatic heterocycles. The monoisotopic (exact) mass is 332 g/mol. The van der Waals surface area contributed by atoms with E-state index < -0.39 is 0 Å². The topological polar surface area (TPSA) is 45.9 Å². The summed E-state index contributed by atoms with van der Waals surface area (Å²) in [5, 5.41) is 0. The molecule has 5 nitrogen and oxygen atoms in total. The van der Waals surface area contributed by atoms with E-state index >= 15 is 0 Å². The largest absolute Gasteiger partial charge is 0.459 e. The van der Waals surface area contributed by atoms with Gasteiger partial charge in [0.25, 0.3) is 5.91 Å². The summed E-state index contributed by atoms with van der Waals surface area (Å²) in [6.07, 6.45) is 1.48. The third kappa shape index (κ3) is 4.43. The number of hydrogen-bond donors (Lipinski definition) is 0. The Bertz CT molecular complexity index is 654. The smallest absolute Gasteiger partial charge is 0.289 e. The van der Waals surface area contributed by atoms with Crippen LogP contribution in [0.5, 0.6) is 0 Å². The average Bonchev–Trinajstić information content (AvgIpc) is 3.13. The van der Waals surface area contributed by atoms with Gasteiger partial charge in [-0.05, 0) is 29.8 Å². The number of benzene rings is 1. The van der Waals surface area contributed by atoms with Gasteiger partial charge >= 0.3 is 0 Å². The predicted molar refractivity (Wildman–Crippen MR) is 87.1 cm³/mol. The molecular formula is C18H21FN2O3. The molecule has 0 atom stereocenters. The highest BCUT2D eigenvalue weighted by Crippen LogP contribution is 2.12. The van der Waals surface area contributed by atoms with E-state index in [1.807, 2.05) is 6.07 Å². The van der Waals surface area contributed by atoms with Crippen molar-refractivity contribution in [2.45, 2.75) is 6.54 Å². The Kier molecular flexibility index (Phi) is 5.61. The molecule has 3 rings (SSSR count). The van der Waals surface area contributed by atoms with Gasteiger partial charge in [0, 0.05) is 32.7 Å². The van der Waals surface area contributed by atoms with Gasteiger partial charge in [-0.3, -0.25) is 9.69 Å². The number of morpholine rings is 1. The predicted octanol–water partition coefficient (Wildman–Crippen LogP) is 2.39. The molecule has 1 aliphatic rings. The summed E-state index contributed by atoms with van der Waals surface area (Å²) < 4.78 is 24.0. The van der Waals surface area contributed by atoms with Gasteiger partial charge in [-0.2, -0.15) is 0 Å². The van der Waals surface area contributed by atoms with E-state index in [9.17, 15) is 9.18 Å². The van der Waals surface area contributed by atoms with Crippen LogP contribution in [0, 0.1) is 5.82 Å². The van der Waals surface area contributed by atoms with Gasteiger partial charge in [0.2, 0.25) is 0 Å². The van der Waals surface area contributed by atoms with E-state index in [1.54, 1.807) is 23.1 Å². The minimum absolute atomic E-state index is 0.183. The van der Waals surface area contributed by atoms with Crippen LogP contribution in [-0.4, -0.2) is 55.1 Å². The van der Waals surface area contributed by atoms with Crippen LogP contribution in [0.4, 0.5) is 4.39 Å². The van der Waals surface area contributed by atoms with Crippen molar-refractivity contribution in [2.24, 2.45) is 0 Å². The molecule has 1 amide bonds. The summed E-state index contributed by atoms with van der Waals surface area (Å²) in [7, 11) is 0. The van der Waals surface area contributed by atoms with E-state index in [2.05, 4.69) is 4.90 Å². The Morgan fingerprint density at radius 3 is 2.75 bits per heavy atom. The zero-order valence-electron chi connectivity index (χ0n) is 13.5. The second-order valence-corrected chi connectivity index (χ2v) is 5.79. The lowest BCUT2D eigenvalue weighted by atomic mass is 10.2. The third-order valence-corrected chi connectivity index (χ3v) is 4.07. The van der Waals surface area contributed by atoms with E-state index in [4.69, 9.17) is 9.15 Å². The molecule has 6 heteroatoms. The van der Waals surface area contributed by atoms with Crippen molar-refractivity contribution < 1.29 is 18.3 Å².